The van der Waals surface area contributed by atoms with Gasteiger partial charge in [0.15, 0.2) is 0 Å². The first-order chi connectivity index (χ1) is 10.2. The Kier molecular flexibility index (Phi) is 4.19. The van der Waals surface area contributed by atoms with Crippen LogP contribution in [0.3, 0.4) is 0 Å². The van der Waals surface area contributed by atoms with Gasteiger partial charge >= 0.3 is 0 Å². The van der Waals surface area contributed by atoms with Gasteiger partial charge in [0.05, 0.1) is 0 Å². The highest BCUT2D eigenvalue weighted by atomic mass is 16.1. The Balaban J connectivity index is 1.69. The minimum atomic E-state index is 0.425. The van der Waals surface area contributed by atoms with Gasteiger partial charge in [0.2, 0.25) is 0 Å². The molecule has 0 radical (unpaired) electrons. The van der Waals surface area contributed by atoms with Crippen molar-refractivity contribution in [2.75, 3.05) is 0 Å². The highest BCUT2D eigenvalue weighted by Gasteiger charge is 2.48. The number of aldehydes is 1. The monoisotopic (exact) mass is 284 g/mol. The molecule has 114 valence electrons. The van der Waals surface area contributed by atoms with Crippen molar-refractivity contribution in [2.24, 2.45) is 5.41 Å². The topological polar surface area (TPSA) is 17.1 Å². The number of fused-ring (bicyclic) bond motifs is 3. The zero-order chi connectivity index (χ0) is 14.8. The predicted molar refractivity (Wildman–Crippen MR) is 87.8 cm³/mol. The Morgan fingerprint density at radius 3 is 2.10 bits per heavy atom. The molecule has 0 amide bonds. The van der Waals surface area contributed by atoms with E-state index in [-0.39, 0.29) is 0 Å². The normalized spacial score (nSPS) is 31.3. The summed E-state index contributed by atoms with van der Waals surface area (Å²) in [5.74, 6) is 0. The van der Waals surface area contributed by atoms with Gasteiger partial charge in [-0.25, -0.2) is 0 Å². The molecule has 0 unspecified atom stereocenters. The van der Waals surface area contributed by atoms with E-state index in [9.17, 15) is 4.79 Å². The quantitative estimate of drug-likeness (QED) is 0.486. The summed E-state index contributed by atoms with van der Waals surface area (Å²) in [5, 5.41) is 0. The lowest BCUT2D eigenvalue weighted by molar-refractivity contribution is 0.0305. The average molecular weight is 284 g/mol. The van der Waals surface area contributed by atoms with Crippen molar-refractivity contribution in [3.05, 3.63) is 35.4 Å². The van der Waals surface area contributed by atoms with E-state index in [0.29, 0.717) is 10.8 Å². The van der Waals surface area contributed by atoms with Crippen molar-refractivity contribution in [2.45, 2.75) is 76.5 Å². The summed E-state index contributed by atoms with van der Waals surface area (Å²) in [4.78, 5) is 10.8. The Bertz CT molecular complexity index is 461. The van der Waals surface area contributed by atoms with Gasteiger partial charge in [-0.1, -0.05) is 50.5 Å². The summed E-state index contributed by atoms with van der Waals surface area (Å²) < 4.78 is 0. The van der Waals surface area contributed by atoms with Gasteiger partial charge < -0.3 is 0 Å². The Labute approximate surface area is 129 Å². The van der Waals surface area contributed by atoms with Gasteiger partial charge in [-0.15, -0.1) is 0 Å². The second-order valence-electron chi connectivity index (χ2n) is 7.48. The number of rotatable bonds is 6. The van der Waals surface area contributed by atoms with Gasteiger partial charge in [-0.05, 0) is 61.3 Å². The van der Waals surface area contributed by atoms with Crippen LogP contribution in [0.1, 0.15) is 87.1 Å². The minimum absolute atomic E-state index is 0.425. The number of unbranched alkanes of at least 4 members (excludes halogenated alkanes) is 2. The van der Waals surface area contributed by atoms with E-state index in [4.69, 9.17) is 0 Å². The lowest BCUT2D eigenvalue weighted by atomic mass is 9.51. The number of hydrogen-bond donors (Lipinski definition) is 0. The van der Waals surface area contributed by atoms with E-state index in [0.717, 1.165) is 11.8 Å². The van der Waals surface area contributed by atoms with E-state index < -0.39 is 0 Å². The summed E-state index contributed by atoms with van der Waals surface area (Å²) in [7, 11) is 0. The molecule has 0 aromatic heterocycles. The van der Waals surface area contributed by atoms with Crippen LogP contribution in [0.5, 0.6) is 0 Å². The summed E-state index contributed by atoms with van der Waals surface area (Å²) in [6.07, 6.45) is 14.9. The molecule has 2 bridgehead atoms. The van der Waals surface area contributed by atoms with Crippen molar-refractivity contribution < 1.29 is 4.79 Å². The molecular weight excluding hydrogens is 256 g/mol. The van der Waals surface area contributed by atoms with Crippen LogP contribution in [0, 0.1) is 5.41 Å². The maximum atomic E-state index is 10.8. The van der Waals surface area contributed by atoms with Crippen LogP contribution in [0.25, 0.3) is 0 Å². The molecule has 3 aliphatic carbocycles. The van der Waals surface area contributed by atoms with Crippen molar-refractivity contribution in [3.8, 4) is 0 Å². The molecule has 0 saturated heterocycles. The maximum Gasteiger partial charge on any atom is 0.150 e. The van der Waals surface area contributed by atoms with Gasteiger partial charge in [-0.3, -0.25) is 4.79 Å². The van der Waals surface area contributed by atoms with Crippen LogP contribution in [-0.2, 0) is 5.41 Å². The number of carbonyl (C=O) groups excluding carboxylic acids is 1. The average Bonchev–Trinajstić information content (AvgIpc) is 2.57. The maximum absolute atomic E-state index is 10.8. The molecular formula is C20H28O. The van der Waals surface area contributed by atoms with E-state index in [1.54, 1.807) is 0 Å². The number of carbonyl (C=O) groups is 1. The van der Waals surface area contributed by atoms with E-state index in [2.05, 4.69) is 19.1 Å². The molecule has 1 nitrogen and oxygen atoms in total. The van der Waals surface area contributed by atoms with Crippen molar-refractivity contribution in [3.63, 3.8) is 0 Å². The third-order valence-electron chi connectivity index (χ3n) is 6.37. The fourth-order valence-electron chi connectivity index (χ4n) is 4.74. The van der Waals surface area contributed by atoms with Crippen LogP contribution in [0.2, 0.25) is 0 Å². The molecule has 1 aromatic carbocycles. The largest absolute Gasteiger partial charge is 0.298 e. The molecule has 21 heavy (non-hydrogen) atoms. The Morgan fingerprint density at radius 1 is 0.952 bits per heavy atom. The molecule has 3 saturated carbocycles. The second kappa shape index (κ2) is 5.94. The van der Waals surface area contributed by atoms with Crippen LogP contribution in [0.15, 0.2) is 24.3 Å². The first kappa shape index (κ1) is 14.8. The number of hydrogen-bond acceptors (Lipinski definition) is 1. The lowest BCUT2D eigenvalue weighted by Gasteiger charge is -2.54. The van der Waals surface area contributed by atoms with Gasteiger partial charge in [0, 0.05) is 5.56 Å². The fourth-order valence-corrected chi connectivity index (χ4v) is 4.74. The molecule has 0 aliphatic heterocycles. The van der Waals surface area contributed by atoms with E-state index >= 15 is 0 Å². The summed E-state index contributed by atoms with van der Waals surface area (Å²) in [5.41, 5.74) is 3.39. The predicted octanol–water partition coefficient (Wildman–Crippen LogP) is 5.67. The van der Waals surface area contributed by atoms with Crippen molar-refractivity contribution >= 4 is 6.29 Å². The van der Waals surface area contributed by atoms with Gasteiger partial charge in [0.1, 0.15) is 6.29 Å². The number of benzene rings is 1. The second-order valence-corrected chi connectivity index (χ2v) is 7.48. The standard InChI is InChI=1S/C20H28O/c1-2-3-4-9-19-10-13-20(14-11-19,15-12-19)18-7-5-17(16-21)6-8-18/h5-8,16H,2-4,9-15H2,1H3. The molecule has 0 atom stereocenters. The van der Waals surface area contributed by atoms with Crippen LogP contribution in [0.4, 0.5) is 0 Å². The molecule has 0 N–H and O–H groups in total. The smallest absolute Gasteiger partial charge is 0.150 e. The lowest BCUT2D eigenvalue weighted by Crippen LogP contribution is -2.44. The zero-order valence-corrected chi connectivity index (χ0v) is 13.4. The molecule has 1 aromatic rings. The molecule has 1 heteroatoms. The van der Waals surface area contributed by atoms with Crippen LogP contribution in [-0.4, -0.2) is 6.29 Å². The minimum Gasteiger partial charge on any atom is -0.298 e. The van der Waals surface area contributed by atoms with Crippen LogP contribution >= 0.6 is 0 Å². The molecule has 0 heterocycles. The van der Waals surface area contributed by atoms with Crippen LogP contribution < -0.4 is 0 Å². The molecule has 3 aliphatic rings. The molecule has 4 rings (SSSR count). The summed E-state index contributed by atoms with van der Waals surface area (Å²) in [6.45, 7) is 2.30. The first-order valence-electron chi connectivity index (χ1n) is 8.78. The summed E-state index contributed by atoms with van der Waals surface area (Å²) >= 11 is 0. The SMILES string of the molecule is CCCCCC12CCC(c3ccc(C=O)cc3)(CC1)CC2. The van der Waals surface area contributed by atoms with E-state index in [1.807, 2.05) is 12.1 Å². The zero-order valence-electron chi connectivity index (χ0n) is 13.4. The summed E-state index contributed by atoms with van der Waals surface area (Å²) in [6, 6.07) is 8.40. The van der Waals surface area contributed by atoms with Gasteiger partial charge in [0.25, 0.3) is 0 Å². The Morgan fingerprint density at radius 2 is 1.57 bits per heavy atom. The van der Waals surface area contributed by atoms with Gasteiger partial charge in [-0.2, -0.15) is 0 Å². The molecule has 0 spiro atoms. The highest BCUT2D eigenvalue weighted by Crippen LogP contribution is 2.59. The third-order valence-corrected chi connectivity index (χ3v) is 6.37. The third kappa shape index (κ3) is 2.80. The molecule has 3 fully saturated rings. The van der Waals surface area contributed by atoms with Crippen molar-refractivity contribution in [1.82, 2.24) is 0 Å². The highest BCUT2D eigenvalue weighted by molar-refractivity contribution is 5.74. The fraction of sp³-hybridized carbons (Fsp3) is 0.650. The first-order valence-corrected chi connectivity index (χ1v) is 8.78. The van der Waals surface area contributed by atoms with Crippen molar-refractivity contribution in [1.29, 1.82) is 0 Å². The Hall–Kier alpha value is -1.11. The van der Waals surface area contributed by atoms with E-state index in [1.165, 1.54) is 69.8 Å².